The van der Waals surface area contributed by atoms with Crippen LogP contribution in [0.3, 0.4) is 0 Å². The predicted molar refractivity (Wildman–Crippen MR) is 54.9 cm³/mol. The van der Waals surface area contributed by atoms with Gasteiger partial charge in [-0.15, -0.1) is 0 Å². The van der Waals surface area contributed by atoms with E-state index in [4.69, 9.17) is 0 Å². The zero-order chi connectivity index (χ0) is 8.81. The fourth-order valence-corrected chi connectivity index (χ4v) is 1.21. The monoisotopic (exact) mass is 158 g/mol. The molecule has 12 heavy (non-hydrogen) atoms. The summed E-state index contributed by atoms with van der Waals surface area (Å²) < 4.78 is 0. The van der Waals surface area contributed by atoms with E-state index < -0.39 is 0 Å². The van der Waals surface area contributed by atoms with Gasteiger partial charge in [0.15, 0.2) is 0 Å². The fourth-order valence-electron chi connectivity index (χ4n) is 1.21. The summed E-state index contributed by atoms with van der Waals surface area (Å²) in [6.45, 7) is 5.71. The lowest BCUT2D eigenvalue weighted by molar-refractivity contribution is 1.32. The van der Waals surface area contributed by atoms with E-state index in [1.807, 2.05) is 19.1 Å². The third-order valence-corrected chi connectivity index (χ3v) is 1.79. The van der Waals surface area contributed by atoms with Crippen molar-refractivity contribution in [2.75, 3.05) is 0 Å². The maximum absolute atomic E-state index is 3.69. The Hall–Kier alpha value is -1.30. The Bertz CT molecular complexity index is 272. The van der Waals surface area contributed by atoms with Crippen molar-refractivity contribution in [3.05, 3.63) is 60.3 Å². The van der Waals surface area contributed by atoms with Crippen molar-refractivity contribution < 1.29 is 0 Å². The first kappa shape index (κ1) is 8.79. The number of hydrogen-bond acceptors (Lipinski definition) is 0. The van der Waals surface area contributed by atoms with Crippen LogP contribution < -0.4 is 0 Å². The average Bonchev–Trinajstić information content (AvgIpc) is 2.50. The molecule has 0 bridgehead atoms. The highest BCUT2D eigenvalue weighted by molar-refractivity contribution is 5.48. The fraction of sp³-hybridized carbons (Fsp3) is 0.167. The van der Waals surface area contributed by atoms with Gasteiger partial charge in [-0.2, -0.15) is 0 Å². The van der Waals surface area contributed by atoms with Crippen LogP contribution in [0.2, 0.25) is 0 Å². The summed E-state index contributed by atoms with van der Waals surface area (Å²) >= 11 is 0. The molecular weight excluding hydrogens is 144 g/mol. The number of allylic oxidation sites excluding steroid dienone is 9. The van der Waals surface area contributed by atoms with Crippen LogP contribution in [0.15, 0.2) is 60.3 Å². The normalized spacial score (nSPS) is 23.1. The lowest BCUT2D eigenvalue weighted by atomic mass is 10.1. The summed E-state index contributed by atoms with van der Waals surface area (Å²) in [5.74, 6) is 0. The largest absolute Gasteiger partial charge is 0.0991 e. The molecule has 0 heteroatoms. The van der Waals surface area contributed by atoms with E-state index in [1.54, 1.807) is 0 Å². The Morgan fingerprint density at radius 1 is 1.42 bits per heavy atom. The van der Waals surface area contributed by atoms with Crippen molar-refractivity contribution in [3.63, 3.8) is 0 Å². The van der Waals surface area contributed by atoms with Crippen LogP contribution >= 0.6 is 0 Å². The molecule has 0 aromatic heterocycles. The van der Waals surface area contributed by atoms with Crippen LogP contribution in [0.5, 0.6) is 0 Å². The third-order valence-electron chi connectivity index (χ3n) is 1.79. The van der Waals surface area contributed by atoms with Gasteiger partial charge in [-0.05, 0) is 24.5 Å². The Balaban J connectivity index is 2.82. The van der Waals surface area contributed by atoms with Gasteiger partial charge in [0.1, 0.15) is 0 Å². The van der Waals surface area contributed by atoms with Crippen molar-refractivity contribution in [3.8, 4) is 0 Å². The average molecular weight is 158 g/mol. The highest BCUT2D eigenvalue weighted by atomic mass is 14.1. The van der Waals surface area contributed by atoms with Crippen molar-refractivity contribution in [1.82, 2.24) is 0 Å². The van der Waals surface area contributed by atoms with Gasteiger partial charge in [0.25, 0.3) is 0 Å². The molecule has 0 N–H and O–H groups in total. The summed E-state index contributed by atoms with van der Waals surface area (Å²) in [5, 5.41) is 0. The van der Waals surface area contributed by atoms with Gasteiger partial charge in [-0.1, -0.05) is 49.1 Å². The van der Waals surface area contributed by atoms with E-state index in [-0.39, 0.29) is 0 Å². The minimum Gasteiger partial charge on any atom is -0.0991 e. The molecule has 0 amide bonds. The van der Waals surface area contributed by atoms with Gasteiger partial charge in [0.05, 0.1) is 0 Å². The number of hydrogen-bond donors (Lipinski definition) is 0. The molecule has 1 aliphatic rings. The molecule has 0 saturated heterocycles. The predicted octanol–water partition coefficient (Wildman–Crippen LogP) is 3.56. The zero-order valence-electron chi connectivity index (χ0n) is 7.46. The molecule has 1 rings (SSSR count). The Morgan fingerprint density at radius 3 is 2.92 bits per heavy atom. The standard InChI is InChI=1S/C12H14/c1-3-5-8-12-10-6-9-11(12)7-4-2/h3-8,10H,2,9H2,1H3/b5-3-,11-7-,12-8-. The topological polar surface area (TPSA) is 0 Å². The van der Waals surface area contributed by atoms with Crippen LogP contribution in [0, 0.1) is 0 Å². The summed E-state index contributed by atoms with van der Waals surface area (Å²) in [6.07, 6.45) is 15.5. The van der Waals surface area contributed by atoms with Crippen molar-refractivity contribution >= 4 is 0 Å². The lowest BCUT2D eigenvalue weighted by Gasteiger charge is -1.96. The van der Waals surface area contributed by atoms with Gasteiger partial charge in [-0.3, -0.25) is 0 Å². The van der Waals surface area contributed by atoms with Gasteiger partial charge in [0.2, 0.25) is 0 Å². The smallest absolute Gasteiger partial charge is 0.00882 e. The first-order valence-corrected chi connectivity index (χ1v) is 4.20. The molecule has 0 spiro atoms. The summed E-state index contributed by atoms with van der Waals surface area (Å²) in [6, 6.07) is 0. The van der Waals surface area contributed by atoms with E-state index in [9.17, 15) is 0 Å². The van der Waals surface area contributed by atoms with E-state index in [2.05, 4.69) is 37.0 Å². The van der Waals surface area contributed by atoms with Crippen LogP contribution in [0.4, 0.5) is 0 Å². The van der Waals surface area contributed by atoms with E-state index in [1.165, 1.54) is 11.1 Å². The number of rotatable bonds is 2. The first-order chi connectivity index (χ1) is 5.88. The van der Waals surface area contributed by atoms with E-state index in [0.29, 0.717) is 0 Å². The molecule has 0 aromatic carbocycles. The molecule has 62 valence electrons. The molecular formula is C12H14. The van der Waals surface area contributed by atoms with Gasteiger partial charge in [-0.25, -0.2) is 0 Å². The molecule has 0 heterocycles. The van der Waals surface area contributed by atoms with Crippen molar-refractivity contribution in [2.45, 2.75) is 13.3 Å². The van der Waals surface area contributed by atoms with Crippen molar-refractivity contribution in [2.24, 2.45) is 0 Å². The molecule has 0 saturated carbocycles. The van der Waals surface area contributed by atoms with Gasteiger partial charge in [0, 0.05) is 0 Å². The van der Waals surface area contributed by atoms with Gasteiger partial charge < -0.3 is 0 Å². The van der Waals surface area contributed by atoms with E-state index in [0.717, 1.165) is 6.42 Å². The van der Waals surface area contributed by atoms with Gasteiger partial charge >= 0.3 is 0 Å². The molecule has 0 atom stereocenters. The quantitative estimate of drug-likeness (QED) is 0.576. The van der Waals surface area contributed by atoms with Crippen LogP contribution in [-0.2, 0) is 0 Å². The summed E-state index contributed by atoms with van der Waals surface area (Å²) in [7, 11) is 0. The second-order valence-electron chi connectivity index (χ2n) is 2.68. The minimum atomic E-state index is 1.04. The zero-order valence-corrected chi connectivity index (χ0v) is 7.46. The first-order valence-electron chi connectivity index (χ1n) is 4.20. The summed E-state index contributed by atoms with van der Waals surface area (Å²) in [4.78, 5) is 0. The molecule has 0 nitrogen and oxygen atoms in total. The highest BCUT2D eigenvalue weighted by Gasteiger charge is 2.03. The summed E-state index contributed by atoms with van der Waals surface area (Å²) in [5.41, 5.74) is 2.65. The maximum Gasteiger partial charge on any atom is -0.00882 e. The molecule has 1 aliphatic carbocycles. The second kappa shape index (κ2) is 4.55. The van der Waals surface area contributed by atoms with Crippen LogP contribution in [0.25, 0.3) is 0 Å². The van der Waals surface area contributed by atoms with E-state index >= 15 is 0 Å². The molecule has 0 aliphatic heterocycles. The molecule has 0 radical (unpaired) electrons. The Morgan fingerprint density at radius 2 is 2.25 bits per heavy atom. The second-order valence-corrected chi connectivity index (χ2v) is 2.68. The Kier molecular flexibility index (Phi) is 3.34. The minimum absolute atomic E-state index is 1.04. The highest BCUT2D eigenvalue weighted by Crippen LogP contribution is 2.23. The van der Waals surface area contributed by atoms with Crippen molar-refractivity contribution in [1.29, 1.82) is 0 Å². The third kappa shape index (κ3) is 2.09. The molecule has 0 aromatic rings. The van der Waals surface area contributed by atoms with Crippen LogP contribution in [0.1, 0.15) is 13.3 Å². The van der Waals surface area contributed by atoms with Crippen LogP contribution in [-0.4, -0.2) is 0 Å². The molecule has 0 fully saturated rings. The SMILES string of the molecule is C=C/C=C1/CC=C/C1=C/C=C\C. The maximum atomic E-state index is 3.69. The Labute approximate surface area is 74.3 Å². The molecule has 0 unspecified atom stereocenters. The lowest BCUT2D eigenvalue weighted by Crippen LogP contribution is -1.76.